The second-order valence-corrected chi connectivity index (χ2v) is 12.3. The molecule has 4 aromatic rings. The van der Waals surface area contributed by atoms with E-state index in [9.17, 15) is 13.2 Å². The summed E-state index contributed by atoms with van der Waals surface area (Å²) >= 11 is 8.91. The highest BCUT2D eigenvalue weighted by molar-refractivity contribution is 7.91. The molecule has 0 radical (unpaired) electrons. The van der Waals surface area contributed by atoms with Gasteiger partial charge in [-0.2, -0.15) is 14.1 Å². The third-order valence-corrected chi connectivity index (χ3v) is 10.1. The molecule has 0 saturated carbocycles. The molecule has 1 saturated heterocycles. The van der Waals surface area contributed by atoms with Gasteiger partial charge in [0.1, 0.15) is 15.5 Å². The largest absolute Gasteiger partial charge is 0.310 e. The Hall–Kier alpha value is -2.31. The van der Waals surface area contributed by atoms with Crippen LogP contribution in [0.3, 0.4) is 0 Å². The highest BCUT2D eigenvalue weighted by Crippen LogP contribution is 2.32. The van der Waals surface area contributed by atoms with Gasteiger partial charge in [0.15, 0.2) is 0 Å². The maximum Gasteiger partial charge on any atom is 0.252 e. The second-order valence-electron chi connectivity index (χ2n) is 7.77. The lowest BCUT2D eigenvalue weighted by atomic mass is 9.97. The smallest absolute Gasteiger partial charge is 0.252 e. The number of hydrogen-bond acceptors (Lipinski definition) is 7. The molecule has 172 valence electrons. The number of carbonyl (C=O) groups is 1. The molecule has 3 aromatic heterocycles. The first-order chi connectivity index (χ1) is 15.8. The van der Waals surface area contributed by atoms with Crippen LogP contribution in [0.2, 0.25) is 5.02 Å². The summed E-state index contributed by atoms with van der Waals surface area (Å²) < 4.78 is 29.8. The number of aromatic nitrogens is 3. The lowest BCUT2D eigenvalue weighted by Crippen LogP contribution is -2.41. The molecule has 0 unspecified atom stereocenters. The number of nitrogens with one attached hydrogen (secondary N) is 1. The summed E-state index contributed by atoms with van der Waals surface area (Å²) in [6.45, 7) is 2.47. The van der Waals surface area contributed by atoms with Crippen LogP contribution in [-0.4, -0.2) is 46.5 Å². The molecule has 1 aromatic carbocycles. The fraction of sp³-hybridized carbons (Fsp3) is 0.286. The van der Waals surface area contributed by atoms with Gasteiger partial charge in [-0.15, -0.1) is 11.3 Å². The van der Waals surface area contributed by atoms with E-state index in [1.807, 2.05) is 19.1 Å². The van der Waals surface area contributed by atoms with E-state index in [0.29, 0.717) is 51.6 Å². The van der Waals surface area contributed by atoms with E-state index in [0.717, 1.165) is 10.4 Å². The Kier molecular flexibility index (Phi) is 6.00. The highest BCUT2D eigenvalue weighted by atomic mass is 35.5. The molecule has 1 amide bonds. The van der Waals surface area contributed by atoms with Crippen LogP contribution in [0, 0.1) is 12.8 Å². The summed E-state index contributed by atoms with van der Waals surface area (Å²) in [6, 6.07) is 10.7. The Morgan fingerprint density at radius 3 is 2.70 bits per heavy atom. The van der Waals surface area contributed by atoms with Gasteiger partial charge in [-0.3, -0.25) is 4.79 Å². The SMILES string of the molecule is Cc1cc(NC(=O)C2CCN(S(=O)(=O)c3cccs3)CC2)n(-c2nc3c(Cl)cccc3s2)n1. The van der Waals surface area contributed by atoms with Crippen molar-refractivity contribution in [2.75, 3.05) is 18.4 Å². The zero-order valence-corrected chi connectivity index (χ0v) is 20.8. The van der Waals surface area contributed by atoms with Gasteiger partial charge in [0.05, 0.1) is 15.4 Å². The first kappa shape index (κ1) is 22.5. The summed E-state index contributed by atoms with van der Waals surface area (Å²) in [5.41, 5.74) is 1.44. The lowest BCUT2D eigenvalue weighted by Gasteiger charge is -2.30. The van der Waals surface area contributed by atoms with E-state index in [-0.39, 0.29) is 11.8 Å². The zero-order chi connectivity index (χ0) is 23.2. The van der Waals surface area contributed by atoms with E-state index in [2.05, 4.69) is 15.4 Å². The van der Waals surface area contributed by atoms with E-state index < -0.39 is 10.0 Å². The number of sulfonamides is 1. The van der Waals surface area contributed by atoms with Crippen LogP contribution in [0.1, 0.15) is 18.5 Å². The Balaban J connectivity index is 1.31. The quantitative estimate of drug-likeness (QED) is 0.415. The number of thiazole rings is 1. The molecule has 0 aliphatic carbocycles. The van der Waals surface area contributed by atoms with Crippen LogP contribution in [0.25, 0.3) is 15.3 Å². The number of anilines is 1. The number of piperidine rings is 1. The van der Waals surface area contributed by atoms with Crippen molar-refractivity contribution >= 4 is 66.2 Å². The van der Waals surface area contributed by atoms with Crippen molar-refractivity contribution in [2.45, 2.75) is 24.0 Å². The summed E-state index contributed by atoms with van der Waals surface area (Å²) in [6.07, 6.45) is 0.917. The Bertz CT molecular complexity index is 1420. The standard InChI is InChI=1S/C21H20ClN5O3S3/c1-13-12-17(27(25-13)21-24-19-15(22)4-2-5-16(19)32-21)23-20(28)14-7-9-26(10-8-14)33(29,30)18-6-3-11-31-18/h2-6,11-12,14H,7-10H2,1H3,(H,23,28). The van der Waals surface area contributed by atoms with Crippen LogP contribution < -0.4 is 5.32 Å². The third kappa shape index (κ3) is 4.31. The van der Waals surface area contributed by atoms with Crippen molar-refractivity contribution in [1.82, 2.24) is 19.1 Å². The molecule has 8 nitrogen and oxygen atoms in total. The van der Waals surface area contributed by atoms with Crippen LogP contribution >= 0.6 is 34.3 Å². The average Bonchev–Trinajstić information content (AvgIpc) is 3.54. The van der Waals surface area contributed by atoms with Crippen molar-refractivity contribution in [3.8, 4) is 5.13 Å². The molecule has 4 heterocycles. The van der Waals surface area contributed by atoms with Gasteiger partial charge in [0, 0.05) is 25.1 Å². The van der Waals surface area contributed by atoms with Crippen molar-refractivity contribution in [1.29, 1.82) is 0 Å². The summed E-state index contributed by atoms with van der Waals surface area (Å²) in [5, 5.41) is 10.4. The zero-order valence-electron chi connectivity index (χ0n) is 17.6. The number of benzene rings is 1. The maximum absolute atomic E-state index is 13.0. The monoisotopic (exact) mass is 521 g/mol. The van der Waals surface area contributed by atoms with Gasteiger partial charge in [-0.05, 0) is 43.3 Å². The van der Waals surface area contributed by atoms with Crippen LogP contribution in [0.5, 0.6) is 0 Å². The van der Waals surface area contributed by atoms with Crippen molar-refractivity contribution < 1.29 is 13.2 Å². The number of fused-ring (bicyclic) bond motifs is 1. The summed E-state index contributed by atoms with van der Waals surface area (Å²) in [4.78, 5) is 17.6. The fourth-order valence-corrected chi connectivity index (χ4v) is 7.70. The average molecular weight is 522 g/mol. The first-order valence-electron chi connectivity index (χ1n) is 10.3. The Morgan fingerprint density at radius 1 is 1.21 bits per heavy atom. The number of thiophene rings is 1. The van der Waals surface area contributed by atoms with Crippen molar-refractivity contribution in [2.24, 2.45) is 5.92 Å². The molecule has 0 spiro atoms. The predicted octanol–water partition coefficient (Wildman–Crippen LogP) is 4.54. The van der Waals surface area contributed by atoms with E-state index in [4.69, 9.17) is 11.6 Å². The molecule has 0 bridgehead atoms. The minimum absolute atomic E-state index is 0.150. The van der Waals surface area contributed by atoms with Gasteiger partial charge in [0.25, 0.3) is 10.0 Å². The normalized spacial score (nSPS) is 15.8. The minimum Gasteiger partial charge on any atom is -0.310 e. The fourth-order valence-electron chi connectivity index (χ4n) is 3.85. The molecule has 1 fully saturated rings. The lowest BCUT2D eigenvalue weighted by molar-refractivity contribution is -0.120. The van der Waals surface area contributed by atoms with Crippen LogP contribution in [0.4, 0.5) is 5.82 Å². The minimum atomic E-state index is -3.49. The Morgan fingerprint density at radius 2 is 2.00 bits per heavy atom. The number of amides is 1. The van der Waals surface area contributed by atoms with Crippen molar-refractivity contribution in [3.05, 3.63) is 52.5 Å². The first-order valence-corrected chi connectivity index (χ1v) is 13.8. The number of carbonyl (C=O) groups excluding carboxylic acids is 1. The van der Waals surface area contributed by atoms with Gasteiger partial charge >= 0.3 is 0 Å². The van der Waals surface area contributed by atoms with E-state index in [1.165, 1.54) is 27.0 Å². The summed E-state index contributed by atoms with van der Waals surface area (Å²) in [7, 11) is -3.49. The molecule has 1 N–H and O–H groups in total. The molecular weight excluding hydrogens is 502 g/mol. The number of aryl methyl sites for hydroxylation is 1. The number of nitrogens with zero attached hydrogens (tertiary/aromatic N) is 4. The molecule has 12 heteroatoms. The topological polar surface area (TPSA) is 97.2 Å². The maximum atomic E-state index is 13.0. The molecule has 33 heavy (non-hydrogen) atoms. The summed E-state index contributed by atoms with van der Waals surface area (Å²) in [5.74, 6) is 0.0954. The number of rotatable bonds is 5. The molecular formula is C21H20ClN5O3S3. The van der Waals surface area contributed by atoms with Gasteiger partial charge in [0.2, 0.25) is 11.0 Å². The van der Waals surface area contributed by atoms with Crippen LogP contribution in [-0.2, 0) is 14.8 Å². The Labute approximate surface area is 203 Å². The number of para-hydroxylation sites is 1. The van der Waals surface area contributed by atoms with Gasteiger partial charge < -0.3 is 5.32 Å². The molecule has 1 aliphatic rings. The van der Waals surface area contributed by atoms with Gasteiger partial charge in [-0.25, -0.2) is 13.4 Å². The van der Waals surface area contributed by atoms with Gasteiger partial charge in [-0.1, -0.05) is 35.1 Å². The highest BCUT2D eigenvalue weighted by Gasteiger charge is 2.33. The predicted molar refractivity (Wildman–Crippen MR) is 131 cm³/mol. The number of hydrogen-bond donors (Lipinski definition) is 1. The number of halogens is 1. The molecule has 5 rings (SSSR count). The van der Waals surface area contributed by atoms with Crippen LogP contribution in [0.15, 0.2) is 46.0 Å². The van der Waals surface area contributed by atoms with E-state index >= 15 is 0 Å². The second kappa shape index (κ2) is 8.80. The van der Waals surface area contributed by atoms with E-state index in [1.54, 1.807) is 34.3 Å². The van der Waals surface area contributed by atoms with Crippen molar-refractivity contribution in [3.63, 3.8) is 0 Å². The molecule has 1 aliphatic heterocycles. The third-order valence-electron chi connectivity index (χ3n) is 5.54. The molecule has 0 atom stereocenters.